The van der Waals surface area contributed by atoms with Crippen molar-refractivity contribution in [3.8, 4) is 5.75 Å². The molecule has 0 aliphatic carbocycles. The number of carbonyl (C=O) groups excluding carboxylic acids is 1. The van der Waals surface area contributed by atoms with Crippen LogP contribution in [0.15, 0.2) is 83.7 Å². The molecule has 0 unspecified atom stereocenters. The van der Waals surface area contributed by atoms with Crippen molar-refractivity contribution < 1.29 is 14.3 Å². The highest BCUT2D eigenvalue weighted by Crippen LogP contribution is 2.18. The third kappa shape index (κ3) is 6.40. The van der Waals surface area contributed by atoms with Gasteiger partial charge in [0.2, 0.25) is 0 Å². The van der Waals surface area contributed by atoms with Crippen LogP contribution in [0.1, 0.15) is 31.9 Å². The van der Waals surface area contributed by atoms with Gasteiger partial charge in [0.1, 0.15) is 22.9 Å². The molecule has 8 heteroatoms. The first-order valence-corrected chi connectivity index (χ1v) is 12.1. The van der Waals surface area contributed by atoms with Crippen molar-refractivity contribution in [3.05, 3.63) is 100 Å². The minimum Gasteiger partial charge on any atom is -0.489 e. The first-order valence-electron chi connectivity index (χ1n) is 11.7. The quantitative estimate of drug-likeness (QED) is 0.338. The van der Waals surface area contributed by atoms with Gasteiger partial charge < -0.3 is 19.8 Å². The van der Waals surface area contributed by atoms with Gasteiger partial charge in [-0.05, 0) is 62.6 Å². The summed E-state index contributed by atoms with van der Waals surface area (Å²) in [5.74, 6) is 0.731. The largest absolute Gasteiger partial charge is 0.489 e. The van der Waals surface area contributed by atoms with Gasteiger partial charge >= 0.3 is 11.8 Å². The number of imidazole rings is 1. The van der Waals surface area contributed by atoms with Gasteiger partial charge in [-0.15, -0.1) is 0 Å². The second kappa shape index (κ2) is 10.8. The number of hydrogen-bond donors (Lipinski definition) is 2. The van der Waals surface area contributed by atoms with E-state index in [1.165, 1.54) is 4.57 Å². The molecule has 36 heavy (non-hydrogen) atoms. The summed E-state index contributed by atoms with van der Waals surface area (Å²) in [5.41, 5.74) is 2.28. The number of rotatable bonds is 7. The number of aromatic nitrogens is 2. The molecule has 4 rings (SSSR count). The normalized spacial score (nSPS) is 12.2. The number of benzene rings is 3. The summed E-state index contributed by atoms with van der Waals surface area (Å²) in [7, 11) is 0. The van der Waals surface area contributed by atoms with Crippen molar-refractivity contribution in [1.29, 1.82) is 0 Å². The standard InChI is InChI=1S/C28H29N3O4S/c1-28(2,3)35-27(33)30-23(25(36)31-24-12-8-7-11-22(24)29-26(31)32)17-19-13-15-21(16-14-19)34-18-20-9-5-4-6-10-20/h4-16,23H,17-18H2,1-3H3,(H,29,32)(H,30,33)/t23-/m0/s1. The monoisotopic (exact) mass is 503 g/mol. The average molecular weight is 504 g/mol. The van der Waals surface area contributed by atoms with Gasteiger partial charge in [0.05, 0.1) is 17.1 Å². The van der Waals surface area contributed by atoms with Gasteiger partial charge in [0.15, 0.2) is 0 Å². The highest BCUT2D eigenvalue weighted by Gasteiger charge is 2.25. The Hall–Kier alpha value is -3.91. The van der Waals surface area contributed by atoms with E-state index in [0.29, 0.717) is 24.1 Å². The van der Waals surface area contributed by atoms with Gasteiger partial charge in [-0.25, -0.2) is 9.59 Å². The molecule has 3 aromatic carbocycles. The van der Waals surface area contributed by atoms with Crippen molar-refractivity contribution in [3.63, 3.8) is 0 Å². The highest BCUT2D eigenvalue weighted by molar-refractivity contribution is 7.80. The van der Waals surface area contributed by atoms with Crippen LogP contribution in [0.3, 0.4) is 0 Å². The number of aromatic amines is 1. The van der Waals surface area contributed by atoms with E-state index in [2.05, 4.69) is 10.3 Å². The maximum Gasteiger partial charge on any atom is 0.408 e. The third-order valence-electron chi connectivity index (χ3n) is 5.41. The van der Waals surface area contributed by atoms with Crippen molar-refractivity contribution >= 4 is 34.3 Å². The van der Waals surface area contributed by atoms with Crippen LogP contribution in [0.25, 0.3) is 11.0 Å². The second-order valence-corrected chi connectivity index (χ2v) is 9.86. The summed E-state index contributed by atoms with van der Waals surface area (Å²) in [5, 5.41) is 2.86. The predicted molar refractivity (Wildman–Crippen MR) is 145 cm³/mol. The lowest BCUT2D eigenvalue weighted by Gasteiger charge is -2.24. The van der Waals surface area contributed by atoms with E-state index in [-0.39, 0.29) is 10.7 Å². The summed E-state index contributed by atoms with van der Waals surface area (Å²) in [6.45, 7) is 5.84. The van der Waals surface area contributed by atoms with E-state index in [1.54, 1.807) is 26.8 Å². The van der Waals surface area contributed by atoms with Crippen LogP contribution in [-0.2, 0) is 17.8 Å². The van der Waals surface area contributed by atoms with Crippen LogP contribution < -0.4 is 15.7 Å². The molecular weight excluding hydrogens is 474 g/mol. The van der Waals surface area contributed by atoms with Crippen LogP contribution in [0.4, 0.5) is 4.79 Å². The molecule has 7 nitrogen and oxygen atoms in total. The van der Waals surface area contributed by atoms with E-state index in [4.69, 9.17) is 21.7 Å². The second-order valence-electron chi connectivity index (χ2n) is 9.44. The smallest absolute Gasteiger partial charge is 0.408 e. The fourth-order valence-electron chi connectivity index (χ4n) is 3.78. The number of fused-ring (bicyclic) bond motifs is 1. The molecule has 1 amide bonds. The van der Waals surface area contributed by atoms with Crippen LogP contribution in [0.2, 0.25) is 0 Å². The van der Waals surface area contributed by atoms with Crippen molar-refractivity contribution in [2.24, 2.45) is 0 Å². The van der Waals surface area contributed by atoms with Crippen LogP contribution in [0, 0.1) is 0 Å². The van der Waals surface area contributed by atoms with Gasteiger partial charge in [-0.2, -0.15) is 0 Å². The fourth-order valence-corrected chi connectivity index (χ4v) is 4.10. The molecule has 0 aliphatic rings. The van der Waals surface area contributed by atoms with Crippen LogP contribution in [-0.4, -0.2) is 32.3 Å². The minimum absolute atomic E-state index is 0.271. The maximum atomic E-state index is 12.7. The first-order chi connectivity index (χ1) is 17.2. The van der Waals surface area contributed by atoms with Gasteiger partial charge in [0, 0.05) is 0 Å². The SMILES string of the molecule is CC(C)(C)OC(=O)N[C@@H](Cc1ccc(OCc2ccccc2)cc1)C(=S)n1c(=O)[nH]c2ccccc21. The molecule has 0 saturated heterocycles. The lowest BCUT2D eigenvalue weighted by Crippen LogP contribution is -2.47. The molecule has 0 saturated carbocycles. The van der Waals surface area contributed by atoms with Gasteiger partial charge in [-0.1, -0.05) is 66.8 Å². The molecule has 0 bridgehead atoms. The van der Waals surface area contributed by atoms with Gasteiger partial charge in [0.25, 0.3) is 0 Å². The summed E-state index contributed by atoms with van der Waals surface area (Å²) in [6.07, 6.45) is -0.242. The maximum absolute atomic E-state index is 12.7. The first kappa shape index (κ1) is 25.2. The van der Waals surface area contributed by atoms with E-state index >= 15 is 0 Å². The average Bonchev–Trinajstić information content (AvgIpc) is 3.18. The van der Waals surface area contributed by atoms with Crippen LogP contribution in [0.5, 0.6) is 5.75 Å². The number of para-hydroxylation sites is 2. The van der Waals surface area contributed by atoms with E-state index in [1.807, 2.05) is 72.8 Å². The molecular formula is C28H29N3O4S. The van der Waals surface area contributed by atoms with Crippen molar-refractivity contribution in [2.75, 3.05) is 0 Å². The van der Waals surface area contributed by atoms with Crippen molar-refractivity contribution in [1.82, 2.24) is 14.9 Å². The lowest BCUT2D eigenvalue weighted by molar-refractivity contribution is 0.0518. The fraction of sp³-hybridized carbons (Fsp3) is 0.250. The number of hydrogen-bond acceptors (Lipinski definition) is 5. The lowest BCUT2D eigenvalue weighted by atomic mass is 10.1. The Morgan fingerprint density at radius 1 is 0.972 bits per heavy atom. The third-order valence-corrected chi connectivity index (χ3v) is 5.88. The predicted octanol–water partition coefficient (Wildman–Crippen LogP) is 5.22. The Morgan fingerprint density at radius 3 is 2.33 bits per heavy atom. The molecule has 2 N–H and O–H groups in total. The number of alkyl carbamates (subject to hydrolysis) is 1. The molecule has 1 aromatic heterocycles. The summed E-state index contributed by atoms with van der Waals surface area (Å²) in [6, 6.07) is 24.2. The van der Waals surface area contributed by atoms with Gasteiger partial charge in [-0.3, -0.25) is 4.57 Å². The number of amides is 1. The molecule has 0 aliphatic heterocycles. The Kier molecular flexibility index (Phi) is 7.55. The van der Waals surface area contributed by atoms with Crippen LogP contribution >= 0.6 is 12.2 Å². The zero-order valence-electron chi connectivity index (χ0n) is 20.5. The number of ether oxygens (including phenoxy) is 2. The summed E-state index contributed by atoms with van der Waals surface area (Å²) < 4.78 is 12.8. The topological polar surface area (TPSA) is 85.3 Å². The Labute approximate surface area is 215 Å². The minimum atomic E-state index is -0.675. The van der Waals surface area contributed by atoms with Crippen molar-refractivity contribution in [2.45, 2.75) is 45.4 Å². The Bertz CT molecular complexity index is 1400. The summed E-state index contributed by atoms with van der Waals surface area (Å²) >= 11 is 5.74. The number of nitrogens with zero attached hydrogens (tertiary/aromatic N) is 1. The zero-order valence-corrected chi connectivity index (χ0v) is 21.3. The van der Waals surface area contributed by atoms with E-state index in [0.717, 1.165) is 16.9 Å². The van der Waals surface area contributed by atoms with E-state index < -0.39 is 17.7 Å². The number of H-pyrrole nitrogens is 1. The highest BCUT2D eigenvalue weighted by atomic mass is 32.1. The molecule has 1 atom stereocenters. The number of nitrogens with one attached hydrogen (secondary N) is 2. The van der Waals surface area contributed by atoms with E-state index in [9.17, 15) is 9.59 Å². The number of carbonyl (C=O) groups is 1. The molecule has 1 heterocycles. The number of thiocarbonyl (C=S) groups is 1. The molecule has 186 valence electrons. The molecule has 4 aromatic rings. The molecule has 0 fully saturated rings. The Morgan fingerprint density at radius 2 is 1.64 bits per heavy atom. The molecule has 0 spiro atoms. The zero-order chi connectivity index (χ0) is 25.7. The molecule has 0 radical (unpaired) electrons. The Balaban J connectivity index is 1.54. The summed E-state index contributed by atoms with van der Waals surface area (Å²) in [4.78, 5) is 28.5.